The van der Waals surface area contributed by atoms with Crippen LogP contribution in [-0.4, -0.2) is 49.3 Å². The number of rotatable bonds is 7. The molecule has 3 fully saturated rings. The summed E-state index contributed by atoms with van der Waals surface area (Å²) in [5.74, 6) is 0. The molecule has 1 saturated carbocycles. The Bertz CT molecular complexity index is 249. The summed E-state index contributed by atoms with van der Waals surface area (Å²) in [6, 6.07) is 1.68. The van der Waals surface area contributed by atoms with Gasteiger partial charge in [-0.3, -0.25) is 4.90 Å². The zero-order valence-electron chi connectivity index (χ0n) is 11.6. The molecule has 3 nitrogen and oxygen atoms in total. The van der Waals surface area contributed by atoms with E-state index in [4.69, 9.17) is 4.74 Å². The molecular formula is C15H28N2O. The zero-order chi connectivity index (χ0) is 12.2. The van der Waals surface area contributed by atoms with E-state index in [2.05, 4.69) is 10.2 Å². The molecule has 3 rings (SSSR count). The molecule has 0 aromatic carbocycles. The number of nitrogens with zero attached hydrogens (tertiary/aromatic N) is 1. The Morgan fingerprint density at radius 3 is 2.83 bits per heavy atom. The fourth-order valence-corrected chi connectivity index (χ4v) is 3.40. The maximum Gasteiger partial charge on any atom is 0.0576 e. The van der Waals surface area contributed by atoms with E-state index in [1.54, 1.807) is 0 Å². The molecule has 18 heavy (non-hydrogen) atoms. The van der Waals surface area contributed by atoms with Crippen LogP contribution in [0.2, 0.25) is 0 Å². The van der Waals surface area contributed by atoms with E-state index in [0.717, 1.165) is 18.7 Å². The van der Waals surface area contributed by atoms with Crippen LogP contribution in [0.3, 0.4) is 0 Å². The lowest BCUT2D eigenvalue weighted by Crippen LogP contribution is -2.39. The van der Waals surface area contributed by atoms with Crippen molar-refractivity contribution in [2.24, 2.45) is 0 Å². The highest BCUT2D eigenvalue weighted by Gasteiger charge is 2.27. The van der Waals surface area contributed by atoms with Crippen molar-refractivity contribution in [3.05, 3.63) is 0 Å². The second kappa shape index (κ2) is 6.36. The summed E-state index contributed by atoms with van der Waals surface area (Å²) in [5.41, 5.74) is 0. The average Bonchev–Trinajstić information content (AvgIpc) is 2.89. The van der Waals surface area contributed by atoms with Gasteiger partial charge in [0.15, 0.2) is 0 Å². The van der Waals surface area contributed by atoms with E-state index in [9.17, 15) is 0 Å². The highest BCUT2D eigenvalue weighted by Crippen LogP contribution is 2.22. The average molecular weight is 252 g/mol. The Balaban J connectivity index is 1.32. The van der Waals surface area contributed by atoms with Gasteiger partial charge in [-0.1, -0.05) is 0 Å². The minimum Gasteiger partial charge on any atom is -0.378 e. The van der Waals surface area contributed by atoms with Crippen LogP contribution < -0.4 is 5.32 Å². The third-order valence-corrected chi connectivity index (χ3v) is 4.71. The van der Waals surface area contributed by atoms with Gasteiger partial charge in [0, 0.05) is 25.2 Å². The van der Waals surface area contributed by atoms with Crippen molar-refractivity contribution in [2.45, 2.75) is 69.6 Å². The van der Waals surface area contributed by atoms with E-state index in [-0.39, 0.29) is 0 Å². The molecule has 2 atom stereocenters. The molecule has 0 radical (unpaired) electrons. The van der Waals surface area contributed by atoms with Gasteiger partial charge >= 0.3 is 0 Å². The fourth-order valence-electron chi connectivity index (χ4n) is 3.40. The first-order chi connectivity index (χ1) is 8.92. The topological polar surface area (TPSA) is 24.5 Å². The van der Waals surface area contributed by atoms with E-state index < -0.39 is 0 Å². The number of likely N-dealkylation sites (tertiary alicyclic amines) is 1. The molecular weight excluding hydrogens is 224 g/mol. The third-order valence-electron chi connectivity index (χ3n) is 4.71. The van der Waals surface area contributed by atoms with Crippen LogP contribution in [0.4, 0.5) is 0 Å². The van der Waals surface area contributed by atoms with Crippen LogP contribution >= 0.6 is 0 Å². The normalized spacial score (nSPS) is 33.3. The summed E-state index contributed by atoms with van der Waals surface area (Å²) >= 11 is 0. The molecule has 104 valence electrons. The molecule has 0 aromatic rings. The van der Waals surface area contributed by atoms with Crippen molar-refractivity contribution in [2.75, 3.05) is 26.2 Å². The molecule has 1 N–H and O–H groups in total. The molecule has 0 amide bonds. The maximum absolute atomic E-state index is 5.70. The summed E-state index contributed by atoms with van der Waals surface area (Å²) in [7, 11) is 0. The fraction of sp³-hybridized carbons (Fsp3) is 1.00. The zero-order valence-corrected chi connectivity index (χ0v) is 11.6. The van der Waals surface area contributed by atoms with Crippen molar-refractivity contribution >= 4 is 0 Å². The first-order valence-corrected chi connectivity index (χ1v) is 8.01. The van der Waals surface area contributed by atoms with Crippen LogP contribution in [-0.2, 0) is 4.74 Å². The predicted molar refractivity (Wildman–Crippen MR) is 73.8 cm³/mol. The Labute approximate surface area is 111 Å². The molecule has 2 aliphatic heterocycles. The van der Waals surface area contributed by atoms with Crippen molar-refractivity contribution in [3.8, 4) is 0 Å². The number of nitrogens with one attached hydrogen (secondary N) is 1. The molecule has 0 aromatic heterocycles. The molecule has 2 unspecified atom stereocenters. The SMILES string of the molecule is C1COC(CCCN2CCCC2CNC2CC2)C1. The summed E-state index contributed by atoms with van der Waals surface area (Å²) in [6.45, 7) is 4.84. The van der Waals surface area contributed by atoms with Crippen molar-refractivity contribution in [1.29, 1.82) is 0 Å². The molecule has 2 heterocycles. The van der Waals surface area contributed by atoms with Gasteiger partial charge in [0.05, 0.1) is 6.10 Å². The van der Waals surface area contributed by atoms with Crippen molar-refractivity contribution in [1.82, 2.24) is 10.2 Å². The quantitative estimate of drug-likeness (QED) is 0.751. The minimum atomic E-state index is 0.579. The Morgan fingerprint density at radius 1 is 1.11 bits per heavy atom. The van der Waals surface area contributed by atoms with Gasteiger partial charge in [-0.2, -0.15) is 0 Å². The van der Waals surface area contributed by atoms with Crippen LogP contribution in [0.25, 0.3) is 0 Å². The van der Waals surface area contributed by atoms with Crippen LogP contribution in [0.5, 0.6) is 0 Å². The minimum absolute atomic E-state index is 0.579. The van der Waals surface area contributed by atoms with E-state index >= 15 is 0 Å². The third kappa shape index (κ3) is 3.69. The first kappa shape index (κ1) is 12.9. The molecule has 1 aliphatic carbocycles. The Morgan fingerprint density at radius 2 is 2.06 bits per heavy atom. The van der Waals surface area contributed by atoms with Gasteiger partial charge in [0.2, 0.25) is 0 Å². The highest BCUT2D eigenvalue weighted by atomic mass is 16.5. The van der Waals surface area contributed by atoms with Gasteiger partial charge in [0.25, 0.3) is 0 Å². The smallest absolute Gasteiger partial charge is 0.0576 e. The van der Waals surface area contributed by atoms with E-state index in [1.807, 2.05) is 0 Å². The van der Waals surface area contributed by atoms with E-state index in [1.165, 1.54) is 71.0 Å². The largest absolute Gasteiger partial charge is 0.378 e. The van der Waals surface area contributed by atoms with Crippen LogP contribution in [0, 0.1) is 0 Å². The number of ether oxygens (including phenoxy) is 1. The Hall–Kier alpha value is -0.120. The molecule has 2 saturated heterocycles. The van der Waals surface area contributed by atoms with Gasteiger partial charge in [-0.25, -0.2) is 0 Å². The standard InChI is InChI=1S/C15H28N2O/c1-4-14(12-16-13-7-8-13)17(9-1)10-2-5-15-6-3-11-18-15/h13-16H,1-12H2. The van der Waals surface area contributed by atoms with Gasteiger partial charge in [-0.05, 0) is 64.5 Å². The molecule has 3 heteroatoms. The van der Waals surface area contributed by atoms with Gasteiger partial charge in [-0.15, -0.1) is 0 Å². The number of hydrogen-bond donors (Lipinski definition) is 1. The lowest BCUT2D eigenvalue weighted by atomic mass is 10.1. The highest BCUT2D eigenvalue weighted by molar-refractivity contribution is 4.86. The predicted octanol–water partition coefficient (Wildman–Crippen LogP) is 2.16. The first-order valence-electron chi connectivity index (χ1n) is 8.01. The molecule has 0 spiro atoms. The maximum atomic E-state index is 5.70. The monoisotopic (exact) mass is 252 g/mol. The summed E-state index contributed by atoms with van der Waals surface area (Å²) < 4.78 is 5.70. The second-order valence-corrected chi connectivity index (χ2v) is 6.29. The second-order valence-electron chi connectivity index (χ2n) is 6.29. The van der Waals surface area contributed by atoms with Crippen molar-refractivity contribution < 1.29 is 4.74 Å². The molecule has 3 aliphatic rings. The van der Waals surface area contributed by atoms with Crippen LogP contribution in [0.15, 0.2) is 0 Å². The van der Waals surface area contributed by atoms with Crippen molar-refractivity contribution in [3.63, 3.8) is 0 Å². The summed E-state index contributed by atoms with van der Waals surface area (Å²) in [5, 5.41) is 3.69. The van der Waals surface area contributed by atoms with E-state index in [0.29, 0.717) is 6.10 Å². The summed E-state index contributed by atoms with van der Waals surface area (Å²) in [6.07, 6.45) is 11.4. The number of hydrogen-bond acceptors (Lipinski definition) is 3. The lowest BCUT2D eigenvalue weighted by molar-refractivity contribution is 0.0980. The van der Waals surface area contributed by atoms with Gasteiger partial charge < -0.3 is 10.1 Å². The van der Waals surface area contributed by atoms with Gasteiger partial charge in [0.1, 0.15) is 0 Å². The van der Waals surface area contributed by atoms with Crippen LogP contribution in [0.1, 0.15) is 51.4 Å². The summed E-state index contributed by atoms with van der Waals surface area (Å²) in [4.78, 5) is 2.71. The Kier molecular flexibility index (Phi) is 4.55. The molecule has 0 bridgehead atoms. The lowest BCUT2D eigenvalue weighted by Gasteiger charge is -2.25.